The van der Waals surface area contributed by atoms with Crippen LogP contribution in [0.2, 0.25) is 0 Å². The molecule has 8 heteroatoms. The molecule has 2 rings (SSSR count). The Morgan fingerprint density at radius 2 is 2.13 bits per heavy atom. The largest absolute Gasteiger partial charge is 0.447 e. The zero-order chi connectivity index (χ0) is 22.3. The maximum absolute atomic E-state index is 12.8. The minimum absolute atomic E-state index is 0.0898. The Kier molecular flexibility index (Phi) is 8.85. The third kappa shape index (κ3) is 7.09. The summed E-state index contributed by atoms with van der Waals surface area (Å²) in [7, 11) is -3.43. The van der Waals surface area contributed by atoms with Crippen LogP contribution in [-0.4, -0.2) is 54.9 Å². The highest BCUT2D eigenvalue weighted by Crippen LogP contribution is 2.24. The van der Waals surface area contributed by atoms with Gasteiger partial charge in [-0.05, 0) is 57.7 Å². The molecule has 168 valence electrons. The van der Waals surface area contributed by atoms with Gasteiger partial charge in [0.25, 0.3) is 0 Å². The number of rotatable bonds is 9. The van der Waals surface area contributed by atoms with Gasteiger partial charge in [0.2, 0.25) is 10.0 Å². The van der Waals surface area contributed by atoms with Crippen LogP contribution in [0.3, 0.4) is 0 Å². The zero-order valence-corrected chi connectivity index (χ0v) is 19.4. The van der Waals surface area contributed by atoms with E-state index in [0.29, 0.717) is 32.2 Å². The second-order valence-electron chi connectivity index (χ2n) is 8.23. The van der Waals surface area contributed by atoms with Gasteiger partial charge in [-0.1, -0.05) is 26.0 Å². The fraction of sp³-hybridized carbons (Fsp3) is 0.636. The molecule has 0 aromatic carbocycles. The van der Waals surface area contributed by atoms with E-state index in [1.165, 1.54) is 0 Å². The third-order valence-corrected chi connectivity index (χ3v) is 6.60. The number of hydrogen-bond donors (Lipinski definition) is 1. The molecule has 1 fully saturated rings. The molecule has 30 heavy (non-hydrogen) atoms. The van der Waals surface area contributed by atoms with E-state index in [1.807, 2.05) is 32.0 Å². The average molecular weight is 438 g/mol. The Morgan fingerprint density at radius 1 is 1.40 bits per heavy atom. The van der Waals surface area contributed by atoms with Crippen LogP contribution < -0.4 is 4.72 Å². The zero-order valence-electron chi connectivity index (χ0n) is 18.6. The van der Waals surface area contributed by atoms with Crippen LogP contribution in [0.1, 0.15) is 64.8 Å². The summed E-state index contributed by atoms with van der Waals surface area (Å²) in [6.07, 6.45) is 2.57. The van der Waals surface area contributed by atoms with E-state index in [0.717, 1.165) is 23.4 Å². The van der Waals surface area contributed by atoms with Gasteiger partial charge < -0.3 is 9.64 Å². The molecule has 1 aliphatic heterocycles. The van der Waals surface area contributed by atoms with Crippen LogP contribution in [0.5, 0.6) is 0 Å². The van der Waals surface area contributed by atoms with Crippen molar-refractivity contribution < 1.29 is 17.9 Å². The van der Waals surface area contributed by atoms with E-state index in [-0.39, 0.29) is 23.9 Å². The van der Waals surface area contributed by atoms with Crippen LogP contribution in [0, 0.1) is 0 Å². The Labute approximate surface area is 181 Å². The number of carbonyl (C=O) groups is 1. The SMILES string of the molecule is C=C(C)c1cccc(C[C@@H]2[C@H](NS(=O)(=O)CCCC)CCCN2C(=O)OC(C)C)n1. The molecule has 0 unspecified atom stereocenters. The molecular formula is C22H35N3O4S. The molecule has 1 aliphatic rings. The lowest BCUT2D eigenvalue weighted by Gasteiger charge is -2.41. The summed E-state index contributed by atoms with van der Waals surface area (Å²) >= 11 is 0. The molecular weight excluding hydrogens is 402 g/mol. The van der Waals surface area contributed by atoms with Crippen molar-refractivity contribution in [3.63, 3.8) is 0 Å². The van der Waals surface area contributed by atoms with E-state index in [4.69, 9.17) is 4.74 Å². The summed E-state index contributed by atoms with van der Waals surface area (Å²) in [6.45, 7) is 11.9. The average Bonchev–Trinajstić information content (AvgIpc) is 2.67. The minimum atomic E-state index is -3.43. The monoisotopic (exact) mass is 437 g/mol. The predicted octanol–water partition coefficient (Wildman–Crippen LogP) is 3.75. The van der Waals surface area contributed by atoms with Crippen LogP contribution in [0.4, 0.5) is 4.79 Å². The number of allylic oxidation sites excluding steroid dienone is 1. The van der Waals surface area contributed by atoms with Gasteiger partial charge in [0.05, 0.1) is 23.6 Å². The smallest absolute Gasteiger partial charge is 0.410 e. The lowest BCUT2D eigenvalue weighted by Crippen LogP contribution is -2.58. The fourth-order valence-electron chi connectivity index (χ4n) is 3.61. The molecule has 2 atom stereocenters. The number of pyridine rings is 1. The summed E-state index contributed by atoms with van der Waals surface area (Å²) in [5.74, 6) is 0.0898. The maximum Gasteiger partial charge on any atom is 0.410 e. The van der Waals surface area contributed by atoms with Gasteiger partial charge in [0.15, 0.2) is 0 Å². The van der Waals surface area contributed by atoms with Crippen LogP contribution in [0.15, 0.2) is 24.8 Å². The Hall–Kier alpha value is -1.93. The number of sulfonamides is 1. The predicted molar refractivity (Wildman–Crippen MR) is 120 cm³/mol. The van der Waals surface area contributed by atoms with Crippen molar-refractivity contribution >= 4 is 21.7 Å². The van der Waals surface area contributed by atoms with Gasteiger partial charge >= 0.3 is 6.09 Å². The minimum Gasteiger partial charge on any atom is -0.447 e. The topological polar surface area (TPSA) is 88.6 Å². The molecule has 0 bridgehead atoms. The van der Waals surface area contributed by atoms with Crippen molar-refractivity contribution in [2.24, 2.45) is 0 Å². The van der Waals surface area contributed by atoms with Gasteiger partial charge in [-0.15, -0.1) is 0 Å². The van der Waals surface area contributed by atoms with E-state index in [2.05, 4.69) is 16.3 Å². The highest BCUT2D eigenvalue weighted by molar-refractivity contribution is 7.89. The summed E-state index contributed by atoms with van der Waals surface area (Å²) in [4.78, 5) is 19.1. The molecule has 0 radical (unpaired) electrons. The quantitative estimate of drug-likeness (QED) is 0.635. The highest BCUT2D eigenvalue weighted by atomic mass is 32.2. The molecule has 1 amide bonds. The maximum atomic E-state index is 12.8. The summed E-state index contributed by atoms with van der Waals surface area (Å²) in [5.41, 5.74) is 2.44. The van der Waals surface area contributed by atoms with Gasteiger partial charge in [0, 0.05) is 24.7 Å². The lowest BCUT2D eigenvalue weighted by molar-refractivity contribution is 0.0459. The van der Waals surface area contributed by atoms with E-state index < -0.39 is 16.1 Å². The number of nitrogens with zero attached hydrogens (tertiary/aromatic N) is 2. The van der Waals surface area contributed by atoms with Crippen molar-refractivity contribution in [3.05, 3.63) is 36.2 Å². The number of nitrogens with one attached hydrogen (secondary N) is 1. The van der Waals surface area contributed by atoms with E-state index in [9.17, 15) is 13.2 Å². The number of ether oxygens (including phenoxy) is 1. The van der Waals surface area contributed by atoms with E-state index in [1.54, 1.807) is 18.7 Å². The second kappa shape index (κ2) is 10.9. The van der Waals surface area contributed by atoms with Crippen LogP contribution in [-0.2, 0) is 21.2 Å². The number of aromatic nitrogens is 1. The van der Waals surface area contributed by atoms with Crippen molar-refractivity contribution in [3.8, 4) is 0 Å². The van der Waals surface area contributed by atoms with Gasteiger partial charge in [-0.2, -0.15) is 0 Å². The van der Waals surface area contributed by atoms with Crippen molar-refractivity contribution in [1.29, 1.82) is 0 Å². The molecule has 0 saturated carbocycles. The third-order valence-electron chi connectivity index (χ3n) is 5.11. The summed E-state index contributed by atoms with van der Waals surface area (Å²) < 4.78 is 33.5. The number of amides is 1. The van der Waals surface area contributed by atoms with Crippen LogP contribution in [0.25, 0.3) is 5.57 Å². The summed E-state index contributed by atoms with van der Waals surface area (Å²) in [6, 6.07) is 4.95. The number of likely N-dealkylation sites (tertiary alicyclic amines) is 1. The van der Waals surface area contributed by atoms with E-state index >= 15 is 0 Å². The molecule has 1 aromatic rings. The molecule has 1 N–H and O–H groups in total. The molecule has 1 saturated heterocycles. The first-order valence-corrected chi connectivity index (χ1v) is 12.4. The number of unbranched alkanes of at least 4 members (excludes halogenated alkanes) is 1. The van der Waals surface area contributed by atoms with Crippen molar-refractivity contribution in [2.75, 3.05) is 12.3 Å². The Morgan fingerprint density at radius 3 is 2.77 bits per heavy atom. The summed E-state index contributed by atoms with van der Waals surface area (Å²) in [5, 5.41) is 0. The van der Waals surface area contributed by atoms with Gasteiger partial charge in [-0.3, -0.25) is 4.98 Å². The lowest BCUT2D eigenvalue weighted by atomic mass is 9.93. The Balaban J connectivity index is 2.31. The van der Waals surface area contributed by atoms with Crippen molar-refractivity contribution in [2.45, 2.75) is 78.0 Å². The molecule has 0 aliphatic carbocycles. The number of hydrogen-bond acceptors (Lipinski definition) is 5. The highest BCUT2D eigenvalue weighted by Gasteiger charge is 2.37. The van der Waals surface area contributed by atoms with Crippen LogP contribution >= 0.6 is 0 Å². The normalized spacial score (nSPS) is 19.7. The number of carbonyl (C=O) groups excluding carboxylic acids is 1. The molecule has 2 heterocycles. The van der Waals surface area contributed by atoms with Crippen molar-refractivity contribution in [1.82, 2.24) is 14.6 Å². The van der Waals surface area contributed by atoms with Gasteiger partial charge in [0.1, 0.15) is 0 Å². The molecule has 0 spiro atoms. The first-order valence-electron chi connectivity index (χ1n) is 10.7. The second-order valence-corrected chi connectivity index (χ2v) is 10.1. The van der Waals surface area contributed by atoms with Gasteiger partial charge in [-0.25, -0.2) is 17.9 Å². The molecule has 1 aromatic heterocycles. The first kappa shape index (κ1) is 24.3. The Bertz CT molecular complexity index is 839. The number of piperidine rings is 1. The fourth-order valence-corrected chi connectivity index (χ4v) is 5.13. The standard InChI is InChI=1S/C22H35N3O4S/c1-6-7-14-30(27,28)24-20-12-9-13-25(22(26)29-17(4)5)21(20)15-18-10-8-11-19(23-18)16(2)3/h8,10-11,17,20-21,24H,2,6-7,9,12-15H2,1,3-5H3/t20-,21-/m1/s1. The molecule has 7 nitrogen and oxygen atoms in total. The first-order chi connectivity index (χ1) is 14.1.